The number of anilines is 1. The molecular formula is C25H29N3O5S. The fourth-order valence-electron chi connectivity index (χ4n) is 4.94. The zero-order valence-electron chi connectivity index (χ0n) is 18.9. The summed E-state index contributed by atoms with van der Waals surface area (Å²) in [5.41, 5.74) is 0.575. The maximum Gasteiger partial charge on any atom is 0.412 e. The third-order valence-corrected chi connectivity index (χ3v) is 8.78. The molecule has 2 aromatic rings. The molecule has 4 rings (SSSR count). The number of hydrogen-bond acceptors (Lipinski definition) is 4. The first-order chi connectivity index (χ1) is 16.2. The Labute approximate surface area is 199 Å². The number of hydrogen-bond donors (Lipinski definition) is 2. The molecule has 0 bridgehead atoms. The number of benzene rings is 2. The minimum Gasteiger partial charge on any atom is -0.465 e. The Hall–Kier alpha value is -3.17. The van der Waals surface area contributed by atoms with Crippen molar-refractivity contribution in [3.05, 3.63) is 72.8 Å². The maximum absolute atomic E-state index is 13.7. The molecule has 180 valence electrons. The number of carboxylic acid groups (broad SMARTS) is 1. The van der Waals surface area contributed by atoms with Crippen LogP contribution in [0.1, 0.15) is 37.7 Å². The number of piperidine rings is 1. The molecule has 9 heteroatoms. The first-order valence-corrected chi connectivity index (χ1v) is 12.8. The zero-order valence-corrected chi connectivity index (χ0v) is 19.7. The minimum absolute atomic E-state index is 0.0733. The van der Waals surface area contributed by atoms with E-state index in [-0.39, 0.29) is 23.4 Å². The van der Waals surface area contributed by atoms with Crippen molar-refractivity contribution in [3.8, 4) is 0 Å². The van der Waals surface area contributed by atoms with Gasteiger partial charge in [0.05, 0.1) is 11.4 Å². The van der Waals surface area contributed by atoms with Gasteiger partial charge in [0.25, 0.3) is 0 Å². The van der Waals surface area contributed by atoms with E-state index in [9.17, 15) is 23.1 Å². The maximum atomic E-state index is 13.7. The van der Waals surface area contributed by atoms with Gasteiger partial charge in [0.2, 0.25) is 15.9 Å². The summed E-state index contributed by atoms with van der Waals surface area (Å²) in [6.45, 7) is 3.89. The zero-order chi connectivity index (χ0) is 24.3. The topological polar surface area (TPSA) is 107 Å². The predicted molar refractivity (Wildman–Crippen MR) is 129 cm³/mol. The average Bonchev–Trinajstić information content (AvgIpc) is 2.81. The molecule has 1 saturated carbocycles. The molecular weight excluding hydrogens is 454 g/mol. The lowest BCUT2D eigenvalue weighted by Gasteiger charge is -2.54. The van der Waals surface area contributed by atoms with Crippen LogP contribution in [0.15, 0.2) is 72.1 Å². The van der Waals surface area contributed by atoms with Crippen molar-refractivity contribution in [2.75, 3.05) is 11.4 Å². The summed E-state index contributed by atoms with van der Waals surface area (Å²) in [5, 5.41) is 12.7. The molecule has 2 fully saturated rings. The van der Waals surface area contributed by atoms with E-state index in [1.165, 1.54) is 18.2 Å². The monoisotopic (exact) mass is 483 g/mol. The van der Waals surface area contributed by atoms with Gasteiger partial charge in [-0.15, -0.1) is 0 Å². The van der Waals surface area contributed by atoms with Crippen LogP contribution in [-0.2, 0) is 21.4 Å². The van der Waals surface area contributed by atoms with Crippen LogP contribution in [0.2, 0.25) is 0 Å². The lowest BCUT2D eigenvalue weighted by molar-refractivity contribution is -0.117. The van der Waals surface area contributed by atoms with E-state index < -0.39 is 21.7 Å². The van der Waals surface area contributed by atoms with Gasteiger partial charge >= 0.3 is 6.09 Å². The Bertz CT molecular complexity index is 1180. The van der Waals surface area contributed by atoms with Crippen LogP contribution in [0.25, 0.3) is 0 Å². The highest BCUT2D eigenvalue weighted by atomic mass is 32.2. The Morgan fingerprint density at radius 3 is 2.53 bits per heavy atom. The van der Waals surface area contributed by atoms with Crippen LogP contribution in [-0.4, -0.2) is 48.0 Å². The third kappa shape index (κ3) is 4.71. The number of nitrogens with zero attached hydrogens (tertiary/aromatic N) is 2. The minimum atomic E-state index is -3.86. The van der Waals surface area contributed by atoms with Gasteiger partial charge in [-0.2, -0.15) is 4.31 Å². The van der Waals surface area contributed by atoms with E-state index in [2.05, 4.69) is 11.9 Å². The van der Waals surface area contributed by atoms with Crippen LogP contribution in [0.3, 0.4) is 0 Å². The highest BCUT2D eigenvalue weighted by molar-refractivity contribution is 7.89. The van der Waals surface area contributed by atoms with Crippen molar-refractivity contribution < 1.29 is 23.1 Å². The van der Waals surface area contributed by atoms with Crippen molar-refractivity contribution in [1.29, 1.82) is 0 Å². The summed E-state index contributed by atoms with van der Waals surface area (Å²) in [6, 6.07) is 15.2. The molecule has 2 aromatic carbocycles. The Kier molecular flexibility index (Phi) is 6.77. The van der Waals surface area contributed by atoms with Gasteiger partial charge in [-0.25, -0.2) is 13.2 Å². The molecule has 0 radical (unpaired) electrons. The first kappa shape index (κ1) is 24.0. The second-order valence-electron chi connectivity index (χ2n) is 8.91. The van der Waals surface area contributed by atoms with Crippen LogP contribution in [0.5, 0.6) is 0 Å². The molecule has 1 atom stereocenters. The molecule has 2 amide bonds. The largest absolute Gasteiger partial charge is 0.465 e. The van der Waals surface area contributed by atoms with Gasteiger partial charge < -0.3 is 10.4 Å². The van der Waals surface area contributed by atoms with Gasteiger partial charge in [-0.05, 0) is 61.9 Å². The van der Waals surface area contributed by atoms with Gasteiger partial charge in [0, 0.05) is 23.8 Å². The first-order valence-electron chi connectivity index (χ1n) is 11.4. The molecule has 1 aliphatic carbocycles. The second kappa shape index (κ2) is 9.60. The molecule has 2 N–H and O–H groups in total. The smallest absolute Gasteiger partial charge is 0.412 e. The number of carbonyl (C=O) groups is 2. The number of rotatable bonds is 7. The SMILES string of the molecule is C=CC(=O)NC1CCN(S(=O)(=O)c2cccc(N(Cc3ccccc3)C(=O)O)c2)C2(CCC2)C1. The summed E-state index contributed by atoms with van der Waals surface area (Å²) in [6.07, 6.45) is 3.54. The lowest BCUT2D eigenvalue weighted by atomic mass is 9.70. The number of amides is 2. The third-order valence-electron chi connectivity index (χ3n) is 6.78. The molecule has 1 heterocycles. The van der Waals surface area contributed by atoms with E-state index in [4.69, 9.17) is 0 Å². The molecule has 34 heavy (non-hydrogen) atoms. The highest BCUT2D eigenvalue weighted by Gasteiger charge is 2.51. The molecule has 1 unspecified atom stereocenters. The quantitative estimate of drug-likeness (QED) is 0.584. The van der Waals surface area contributed by atoms with Gasteiger partial charge in [-0.3, -0.25) is 9.69 Å². The number of nitrogens with one attached hydrogen (secondary N) is 1. The second-order valence-corrected chi connectivity index (χ2v) is 10.8. The summed E-state index contributed by atoms with van der Waals surface area (Å²) in [5.74, 6) is -0.254. The highest BCUT2D eigenvalue weighted by Crippen LogP contribution is 2.47. The van der Waals surface area contributed by atoms with E-state index >= 15 is 0 Å². The van der Waals surface area contributed by atoms with Crippen molar-refractivity contribution in [2.24, 2.45) is 0 Å². The van der Waals surface area contributed by atoms with E-state index in [0.717, 1.165) is 29.7 Å². The molecule has 0 aromatic heterocycles. The van der Waals surface area contributed by atoms with Crippen LogP contribution in [0, 0.1) is 0 Å². The molecule has 1 aliphatic heterocycles. The summed E-state index contributed by atoms with van der Waals surface area (Å²) in [4.78, 5) is 25.0. The predicted octanol–water partition coefficient (Wildman–Crippen LogP) is 3.75. The van der Waals surface area contributed by atoms with E-state index in [1.54, 1.807) is 16.4 Å². The Balaban J connectivity index is 1.60. The van der Waals surface area contributed by atoms with Crippen molar-refractivity contribution in [2.45, 2.75) is 55.1 Å². The van der Waals surface area contributed by atoms with Gasteiger partial charge in [0.15, 0.2) is 0 Å². The molecule has 8 nitrogen and oxygen atoms in total. The normalized spacial score (nSPS) is 19.7. The van der Waals surface area contributed by atoms with Crippen LogP contribution in [0.4, 0.5) is 10.5 Å². The summed E-state index contributed by atoms with van der Waals surface area (Å²) >= 11 is 0. The standard InChI is InChI=1S/C25H29N3O5S/c1-2-23(29)26-20-12-15-28(25(17-20)13-7-14-25)34(32,33)22-11-6-10-21(16-22)27(24(30)31)18-19-8-4-3-5-9-19/h2-6,8-11,16,20H,1,7,12-15,17-18H2,(H,26,29)(H,30,31). The van der Waals surface area contributed by atoms with Crippen molar-refractivity contribution >= 4 is 27.7 Å². The van der Waals surface area contributed by atoms with Gasteiger partial charge in [0.1, 0.15) is 0 Å². The molecule has 1 spiro atoms. The summed E-state index contributed by atoms with van der Waals surface area (Å²) in [7, 11) is -3.86. The molecule has 2 aliphatic rings. The van der Waals surface area contributed by atoms with E-state index in [1.807, 2.05) is 30.3 Å². The average molecular weight is 484 g/mol. The Morgan fingerprint density at radius 2 is 1.91 bits per heavy atom. The fraction of sp³-hybridized carbons (Fsp3) is 0.360. The number of carbonyl (C=O) groups excluding carboxylic acids is 1. The fourth-order valence-corrected chi connectivity index (χ4v) is 6.83. The van der Waals surface area contributed by atoms with Crippen LogP contribution >= 0.6 is 0 Å². The van der Waals surface area contributed by atoms with Crippen LogP contribution < -0.4 is 10.2 Å². The lowest BCUT2D eigenvalue weighted by Crippen LogP contribution is -2.63. The van der Waals surface area contributed by atoms with Crippen molar-refractivity contribution in [3.63, 3.8) is 0 Å². The van der Waals surface area contributed by atoms with Crippen molar-refractivity contribution in [1.82, 2.24) is 9.62 Å². The summed E-state index contributed by atoms with van der Waals surface area (Å²) < 4.78 is 29.1. The Morgan fingerprint density at radius 1 is 1.18 bits per heavy atom. The van der Waals surface area contributed by atoms with E-state index in [0.29, 0.717) is 25.1 Å². The molecule has 1 saturated heterocycles. The number of sulfonamides is 1. The van der Waals surface area contributed by atoms with Gasteiger partial charge in [-0.1, -0.05) is 43.0 Å².